The van der Waals surface area contributed by atoms with Crippen LogP contribution < -0.4 is 5.32 Å². The first-order valence-electron chi connectivity index (χ1n) is 10.7. The molecule has 1 unspecified atom stereocenters. The molecule has 2 N–H and O–H groups in total. The molecule has 0 saturated carbocycles. The maximum absolute atomic E-state index is 13.7. The summed E-state index contributed by atoms with van der Waals surface area (Å²) in [6, 6.07) is 6.32. The number of benzene rings is 1. The smallest absolute Gasteiger partial charge is 0.312 e. The van der Waals surface area contributed by atoms with Crippen molar-refractivity contribution in [2.75, 3.05) is 44.6 Å². The molecule has 3 fully saturated rings. The Hall–Kier alpha value is -2.68. The summed E-state index contributed by atoms with van der Waals surface area (Å²) in [6.07, 6.45) is 4.49. The SMILES string of the molecule is O=C(CNc1ccccc1F)N1CCC2(CC1)CC(CN1CCCC1)OC2=O.O=CO. The Morgan fingerprint density at radius 3 is 2.52 bits per heavy atom. The van der Waals surface area contributed by atoms with E-state index in [1.165, 1.54) is 18.9 Å². The quantitative estimate of drug-likeness (QED) is 0.539. The van der Waals surface area contributed by atoms with Crippen LogP contribution >= 0.6 is 0 Å². The number of likely N-dealkylation sites (tertiary alicyclic amines) is 2. The maximum atomic E-state index is 13.7. The Morgan fingerprint density at radius 1 is 1.23 bits per heavy atom. The van der Waals surface area contributed by atoms with E-state index in [4.69, 9.17) is 14.6 Å². The lowest BCUT2D eigenvalue weighted by molar-refractivity contribution is -0.152. The maximum Gasteiger partial charge on any atom is 0.312 e. The molecule has 0 aliphatic carbocycles. The number of rotatable bonds is 5. The topological polar surface area (TPSA) is 99.2 Å². The van der Waals surface area contributed by atoms with Crippen LogP contribution in [0.25, 0.3) is 0 Å². The van der Waals surface area contributed by atoms with Crippen LogP contribution in [-0.2, 0) is 19.1 Å². The van der Waals surface area contributed by atoms with E-state index in [2.05, 4.69) is 10.2 Å². The molecule has 170 valence electrons. The number of carbonyl (C=O) groups is 3. The second-order valence-electron chi connectivity index (χ2n) is 8.34. The fourth-order valence-corrected chi connectivity index (χ4v) is 4.67. The molecule has 0 aromatic heterocycles. The zero-order chi connectivity index (χ0) is 22.3. The highest BCUT2D eigenvalue weighted by molar-refractivity contribution is 5.82. The number of esters is 1. The molecule has 4 rings (SSSR count). The van der Waals surface area contributed by atoms with E-state index in [9.17, 15) is 14.0 Å². The van der Waals surface area contributed by atoms with Crippen molar-refractivity contribution in [3.05, 3.63) is 30.1 Å². The molecule has 0 bridgehead atoms. The lowest BCUT2D eigenvalue weighted by atomic mass is 9.76. The predicted molar refractivity (Wildman–Crippen MR) is 112 cm³/mol. The second kappa shape index (κ2) is 10.6. The molecule has 0 radical (unpaired) electrons. The highest BCUT2D eigenvalue weighted by atomic mass is 19.1. The summed E-state index contributed by atoms with van der Waals surface area (Å²) in [4.78, 5) is 37.5. The van der Waals surface area contributed by atoms with E-state index in [1.807, 2.05) is 0 Å². The van der Waals surface area contributed by atoms with Gasteiger partial charge in [0.1, 0.15) is 11.9 Å². The molecule has 1 spiro atoms. The molecule has 3 saturated heterocycles. The van der Waals surface area contributed by atoms with Crippen LogP contribution in [0.2, 0.25) is 0 Å². The van der Waals surface area contributed by atoms with Gasteiger partial charge in [-0.05, 0) is 50.9 Å². The fourth-order valence-electron chi connectivity index (χ4n) is 4.67. The summed E-state index contributed by atoms with van der Waals surface area (Å²) in [7, 11) is 0. The Balaban J connectivity index is 0.000000858. The minimum atomic E-state index is -0.430. The van der Waals surface area contributed by atoms with E-state index in [0.717, 1.165) is 26.1 Å². The van der Waals surface area contributed by atoms with Gasteiger partial charge < -0.3 is 20.1 Å². The average Bonchev–Trinajstić information content (AvgIpc) is 3.37. The Bertz CT molecular complexity index is 776. The highest BCUT2D eigenvalue weighted by Crippen LogP contribution is 2.43. The molecule has 3 heterocycles. The van der Waals surface area contributed by atoms with Gasteiger partial charge >= 0.3 is 5.97 Å². The number of hydrogen-bond donors (Lipinski definition) is 2. The third-order valence-electron chi connectivity index (χ3n) is 6.36. The van der Waals surface area contributed by atoms with Gasteiger partial charge in [-0.3, -0.25) is 19.3 Å². The molecule has 3 aliphatic rings. The third kappa shape index (κ3) is 5.72. The van der Waals surface area contributed by atoms with Crippen molar-refractivity contribution in [3.8, 4) is 0 Å². The average molecular weight is 435 g/mol. The van der Waals surface area contributed by atoms with Gasteiger partial charge in [-0.15, -0.1) is 0 Å². The van der Waals surface area contributed by atoms with Gasteiger partial charge in [0.05, 0.1) is 17.6 Å². The monoisotopic (exact) mass is 435 g/mol. The van der Waals surface area contributed by atoms with Crippen LogP contribution in [0.4, 0.5) is 10.1 Å². The normalized spacial score (nSPS) is 22.5. The summed E-state index contributed by atoms with van der Waals surface area (Å²) >= 11 is 0. The van der Waals surface area contributed by atoms with Gasteiger partial charge in [0.25, 0.3) is 6.47 Å². The number of piperidine rings is 1. The van der Waals surface area contributed by atoms with Crippen molar-refractivity contribution in [3.63, 3.8) is 0 Å². The van der Waals surface area contributed by atoms with E-state index in [1.54, 1.807) is 23.1 Å². The van der Waals surface area contributed by atoms with Gasteiger partial charge in [-0.25, -0.2) is 4.39 Å². The lowest BCUT2D eigenvalue weighted by Crippen LogP contribution is -2.46. The molecule has 8 nitrogen and oxygen atoms in total. The van der Waals surface area contributed by atoms with Crippen LogP contribution in [0.15, 0.2) is 24.3 Å². The summed E-state index contributed by atoms with van der Waals surface area (Å²) in [5, 5.41) is 9.75. The fraction of sp³-hybridized carbons (Fsp3) is 0.591. The first-order valence-corrected chi connectivity index (χ1v) is 10.7. The van der Waals surface area contributed by atoms with Crippen molar-refractivity contribution in [1.82, 2.24) is 9.80 Å². The zero-order valence-corrected chi connectivity index (χ0v) is 17.6. The number of cyclic esters (lactones) is 1. The van der Waals surface area contributed by atoms with Crippen LogP contribution in [0, 0.1) is 11.2 Å². The van der Waals surface area contributed by atoms with E-state index in [0.29, 0.717) is 31.6 Å². The molecule has 1 atom stereocenters. The van der Waals surface area contributed by atoms with Crippen molar-refractivity contribution >= 4 is 24.0 Å². The summed E-state index contributed by atoms with van der Waals surface area (Å²) in [5.74, 6) is -0.531. The van der Waals surface area contributed by atoms with E-state index >= 15 is 0 Å². The molecular formula is C22H30FN3O5. The zero-order valence-electron chi connectivity index (χ0n) is 17.6. The summed E-state index contributed by atoms with van der Waals surface area (Å²) < 4.78 is 19.4. The third-order valence-corrected chi connectivity index (χ3v) is 6.36. The number of ether oxygens (including phenoxy) is 1. The predicted octanol–water partition coefficient (Wildman–Crippen LogP) is 1.96. The molecule has 1 aromatic rings. The Kier molecular flexibility index (Phi) is 7.84. The number of nitrogens with one attached hydrogen (secondary N) is 1. The number of carboxylic acid groups (broad SMARTS) is 1. The van der Waals surface area contributed by atoms with Gasteiger partial charge in [-0.1, -0.05) is 12.1 Å². The van der Waals surface area contributed by atoms with Gasteiger partial charge in [0, 0.05) is 26.1 Å². The number of anilines is 1. The lowest BCUT2D eigenvalue weighted by Gasteiger charge is -2.36. The summed E-state index contributed by atoms with van der Waals surface area (Å²) in [5.41, 5.74) is -0.103. The van der Waals surface area contributed by atoms with Crippen LogP contribution in [0.1, 0.15) is 32.1 Å². The minimum Gasteiger partial charge on any atom is -0.483 e. The summed E-state index contributed by atoms with van der Waals surface area (Å²) in [6.45, 7) is 3.92. The van der Waals surface area contributed by atoms with Gasteiger partial charge in [0.2, 0.25) is 5.91 Å². The standard InChI is InChI=1S/C21H28FN3O3.CH2O2/c22-17-5-1-2-6-18(17)23-14-19(26)25-11-7-21(8-12-25)13-16(28-20(21)27)15-24-9-3-4-10-24;2-1-3/h1-2,5-6,16,23H,3-4,7-15H2;1H,(H,2,3). The highest BCUT2D eigenvalue weighted by Gasteiger charge is 2.51. The molecule has 1 aromatic carbocycles. The van der Waals surface area contributed by atoms with Crippen molar-refractivity contribution in [1.29, 1.82) is 0 Å². The number of carbonyl (C=O) groups excluding carboxylic acids is 2. The molecular weight excluding hydrogens is 405 g/mol. The number of amides is 1. The molecule has 31 heavy (non-hydrogen) atoms. The number of para-hydroxylation sites is 1. The van der Waals surface area contributed by atoms with Crippen LogP contribution in [-0.4, -0.2) is 78.6 Å². The Morgan fingerprint density at radius 2 is 1.87 bits per heavy atom. The molecule has 1 amide bonds. The van der Waals surface area contributed by atoms with E-state index < -0.39 is 5.41 Å². The van der Waals surface area contributed by atoms with Gasteiger partial charge in [0.15, 0.2) is 0 Å². The van der Waals surface area contributed by atoms with Gasteiger partial charge in [-0.2, -0.15) is 0 Å². The minimum absolute atomic E-state index is 0.0180. The van der Waals surface area contributed by atoms with Crippen LogP contribution in [0.3, 0.4) is 0 Å². The molecule has 9 heteroatoms. The first-order chi connectivity index (χ1) is 15.0. The number of hydrogen-bond acceptors (Lipinski definition) is 6. The van der Waals surface area contributed by atoms with E-state index in [-0.39, 0.29) is 36.8 Å². The van der Waals surface area contributed by atoms with Crippen molar-refractivity contribution < 1.29 is 28.6 Å². The number of halogens is 1. The molecule has 3 aliphatic heterocycles. The number of nitrogens with zero attached hydrogens (tertiary/aromatic N) is 2. The largest absolute Gasteiger partial charge is 0.483 e. The van der Waals surface area contributed by atoms with Crippen molar-refractivity contribution in [2.24, 2.45) is 5.41 Å². The second-order valence-corrected chi connectivity index (χ2v) is 8.34. The van der Waals surface area contributed by atoms with Crippen LogP contribution in [0.5, 0.6) is 0 Å². The Labute approximate surface area is 181 Å². The van der Waals surface area contributed by atoms with Crippen molar-refractivity contribution in [2.45, 2.75) is 38.2 Å². The first kappa shape index (κ1) is 23.0.